The molecule has 18 heavy (non-hydrogen) atoms. The van der Waals surface area contributed by atoms with E-state index in [0.29, 0.717) is 5.01 Å². The van der Waals surface area contributed by atoms with Crippen LogP contribution in [0.3, 0.4) is 0 Å². The van der Waals surface area contributed by atoms with Crippen LogP contribution in [0.15, 0.2) is 10.4 Å². The van der Waals surface area contributed by atoms with Gasteiger partial charge in [-0.3, -0.25) is 4.79 Å². The van der Waals surface area contributed by atoms with E-state index in [4.69, 9.17) is 0 Å². The van der Waals surface area contributed by atoms with Gasteiger partial charge in [0, 0.05) is 6.04 Å². The van der Waals surface area contributed by atoms with E-state index in [0.717, 1.165) is 15.6 Å². The lowest BCUT2D eigenvalue weighted by atomic mass is 10.4. The first kappa shape index (κ1) is 15.1. The standard InChI is InChI=1S/C10H16N2O4S2/c1-7(2)12(6-9(13)16-4)18(14,15)10-5-11-8(3)17-10/h5,7H,6H2,1-4H3. The minimum absolute atomic E-state index is 0.137. The molecule has 1 rings (SSSR count). The van der Waals surface area contributed by atoms with E-state index >= 15 is 0 Å². The molecule has 0 amide bonds. The molecule has 0 aliphatic rings. The van der Waals surface area contributed by atoms with Crippen LogP contribution < -0.4 is 0 Å². The van der Waals surface area contributed by atoms with Crippen molar-refractivity contribution in [3.8, 4) is 0 Å². The maximum absolute atomic E-state index is 12.3. The van der Waals surface area contributed by atoms with Gasteiger partial charge in [0.2, 0.25) is 0 Å². The lowest BCUT2D eigenvalue weighted by molar-refractivity contribution is -0.141. The van der Waals surface area contributed by atoms with E-state index in [1.54, 1.807) is 20.8 Å². The van der Waals surface area contributed by atoms with E-state index in [1.165, 1.54) is 13.3 Å². The highest BCUT2D eigenvalue weighted by atomic mass is 32.2. The number of esters is 1. The summed E-state index contributed by atoms with van der Waals surface area (Å²) in [5, 5.41) is 0.662. The number of nitrogens with zero attached hydrogens (tertiary/aromatic N) is 2. The molecule has 0 saturated carbocycles. The van der Waals surface area contributed by atoms with Crippen LogP contribution in [0.4, 0.5) is 0 Å². The van der Waals surface area contributed by atoms with Crippen LogP contribution >= 0.6 is 11.3 Å². The van der Waals surface area contributed by atoms with E-state index in [2.05, 4.69) is 9.72 Å². The summed E-state index contributed by atoms with van der Waals surface area (Å²) in [5.74, 6) is -0.589. The molecule has 0 aromatic carbocycles. The Labute approximate surface area is 111 Å². The monoisotopic (exact) mass is 292 g/mol. The first-order chi connectivity index (χ1) is 8.28. The first-order valence-corrected chi connectivity index (χ1v) is 7.55. The van der Waals surface area contributed by atoms with Crippen LogP contribution in [0, 0.1) is 6.92 Å². The minimum atomic E-state index is -3.70. The number of carbonyl (C=O) groups is 1. The van der Waals surface area contributed by atoms with Crippen molar-refractivity contribution in [3.63, 3.8) is 0 Å². The van der Waals surface area contributed by atoms with Gasteiger partial charge in [0.1, 0.15) is 6.54 Å². The summed E-state index contributed by atoms with van der Waals surface area (Å²) >= 11 is 1.08. The predicted octanol–water partition coefficient (Wildman–Crippen LogP) is 1.02. The van der Waals surface area contributed by atoms with Gasteiger partial charge in [0.15, 0.2) is 4.21 Å². The summed E-state index contributed by atoms with van der Waals surface area (Å²) in [6.45, 7) is 4.83. The largest absolute Gasteiger partial charge is 0.468 e. The van der Waals surface area contributed by atoms with E-state index in [-0.39, 0.29) is 16.8 Å². The fourth-order valence-electron chi connectivity index (χ4n) is 1.31. The number of ether oxygens (including phenoxy) is 1. The maximum atomic E-state index is 12.3. The van der Waals surface area contributed by atoms with Gasteiger partial charge in [-0.25, -0.2) is 13.4 Å². The van der Waals surface area contributed by atoms with Crippen molar-refractivity contribution in [2.24, 2.45) is 0 Å². The molecule has 0 unspecified atom stereocenters. The van der Waals surface area contributed by atoms with Crippen molar-refractivity contribution >= 4 is 27.3 Å². The second-order valence-electron chi connectivity index (χ2n) is 3.92. The summed E-state index contributed by atoms with van der Waals surface area (Å²) in [6, 6.07) is -0.337. The number of hydrogen-bond acceptors (Lipinski definition) is 6. The molecule has 0 aliphatic carbocycles. The van der Waals surface area contributed by atoms with Crippen LogP contribution in [0.1, 0.15) is 18.9 Å². The number of thiazole rings is 1. The van der Waals surface area contributed by atoms with Gasteiger partial charge in [0.25, 0.3) is 10.0 Å². The molecule has 0 radical (unpaired) electrons. The van der Waals surface area contributed by atoms with Crippen LogP contribution in [0.25, 0.3) is 0 Å². The van der Waals surface area contributed by atoms with E-state index < -0.39 is 16.0 Å². The first-order valence-electron chi connectivity index (χ1n) is 5.30. The van der Waals surface area contributed by atoms with Gasteiger partial charge >= 0.3 is 5.97 Å². The van der Waals surface area contributed by atoms with Gasteiger partial charge < -0.3 is 4.74 Å². The Morgan fingerprint density at radius 2 is 2.17 bits per heavy atom. The number of aryl methyl sites for hydroxylation is 1. The zero-order chi connectivity index (χ0) is 13.9. The Morgan fingerprint density at radius 1 is 1.56 bits per heavy atom. The van der Waals surface area contributed by atoms with Crippen molar-refractivity contribution in [2.75, 3.05) is 13.7 Å². The Bertz CT molecular complexity index is 522. The Morgan fingerprint density at radius 3 is 2.56 bits per heavy atom. The Hall–Kier alpha value is -0.990. The molecule has 0 aliphatic heterocycles. The van der Waals surface area contributed by atoms with Gasteiger partial charge in [0.05, 0.1) is 18.3 Å². The Balaban J connectivity index is 3.09. The van der Waals surface area contributed by atoms with Crippen molar-refractivity contribution < 1.29 is 17.9 Å². The summed E-state index contributed by atoms with van der Waals surface area (Å²) in [5.41, 5.74) is 0. The third-order valence-electron chi connectivity index (χ3n) is 2.25. The lowest BCUT2D eigenvalue weighted by Gasteiger charge is -2.23. The summed E-state index contributed by atoms with van der Waals surface area (Å²) < 4.78 is 30.4. The number of methoxy groups -OCH3 is 1. The molecule has 6 nitrogen and oxygen atoms in total. The summed E-state index contributed by atoms with van der Waals surface area (Å²) in [7, 11) is -2.47. The van der Waals surface area contributed by atoms with Crippen molar-refractivity contribution in [1.29, 1.82) is 0 Å². The highest BCUT2D eigenvalue weighted by Crippen LogP contribution is 2.23. The maximum Gasteiger partial charge on any atom is 0.321 e. The summed E-state index contributed by atoms with van der Waals surface area (Å²) in [4.78, 5) is 15.2. The summed E-state index contributed by atoms with van der Waals surface area (Å²) in [6.07, 6.45) is 1.31. The molecule has 0 fully saturated rings. The molecule has 0 bridgehead atoms. The lowest BCUT2D eigenvalue weighted by Crippen LogP contribution is -2.40. The van der Waals surface area contributed by atoms with Crippen molar-refractivity contribution in [3.05, 3.63) is 11.2 Å². The minimum Gasteiger partial charge on any atom is -0.468 e. The highest BCUT2D eigenvalue weighted by Gasteiger charge is 2.30. The zero-order valence-corrected chi connectivity index (χ0v) is 12.3. The van der Waals surface area contributed by atoms with Crippen LogP contribution in [-0.2, 0) is 19.6 Å². The van der Waals surface area contributed by atoms with Gasteiger partial charge in [-0.2, -0.15) is 4.31 Å². The number of hydrogen-bond donors (Lipinski definition) is 0. The second kappa shape index (κ2) is 5.77. The average molecular weight is 292 g/mol. The van der Waals surface area contributed by atoms with E-state index in [9.17, 15) is 13.2 Å². The van der Waals surface area contributed by atoms with Crippen molar-refractivity contribution in [1.82, 2.24) is 9.29 Å². The van der Waals surface area contributed by atoms with Crippen LogP contribution in [0.5, 0.6) is 0 Å². The highest BCUT2D eigenvalue weighted by molar-refractivity contribution is 7.91. The normalized spacial score (nSPS) is 12.1. The molecule has 8 heteroatoms. The predicted molar refractivity (Wildman–Crippen MR) is 67.9 cm³/mol. The second-order valence-corrected chi connectivity index (χ2v) is 7.27. The van der Waals surface area contributed by atoms with Crippen LogP contribution in [-0.4, -0.2) is 43.4 Å². The number of carbonyl (C=O) groups excluding carboxylic acids is 1. The molecular formula is C10H16N2O4S2. The molecule has 0 saturated heterocycles. The molecule has 1 aromatic rings. The molecule has 0 N–H and O–H groups in total. The van der Waals surface area contributed by atoms with Gasteiger partial charge in [-0.15, -0.1) is 11.3 Å². The Kier molecular flexibility index (Phi) is 4.83. The fraction of sp³-hybridized carbons (Fsp3) is 0.600. The quantitative estimate of drug-likeness (QED) is 0.757. The van der Waals surface area contributed by atoms with Crippen LogP contribution in [0.2, 0.25) is 0 Å². The molecule has 1 aromatic heterocycles. The van der Waals surface area contributed by atoms with Crippen molar-refractivity contribution in [2.45, 2.75) is 31.0 Å². The topological polar surface area (TPSA) is 76.6 Å². The van der Waals surface area contributed by atoms with E-state index in [1.807, 2.05) is 0 Å². The fourth-order valence-corrected chi connectivity index (χ4v) is 4.13. The SMILES string of the molecule is COC(=O)CN(C(C)C)S(=O)(=O)c1cnc(C)s1. The molecule has 0 atom stereocenters. The molecule has 0 spiro atoms. The third-order valence-corrected chi connectivity index (χ3v) is 5.62. The van der Waals surface area contributed by atoms with Gasteiger partial charge in [-0.05, 0) is 20.8 Å². The number of aromatic nitrogens is 1. The zero-order valence-electron chi connectivity index (χ0n) is 10.7. The van der Waals surface area contributed by atoms with Gasteiger partial charge in [-0.1, -0.05) is 0 Å². The molecular weight excluding hydrogens is 276 g/mol. The molecule has 102 valence electrons. The molecule has 1 heterocycles. The average Bonchev–Trinajstić information content (AvgIpc) is 2.72. The number of rotatable bonds is 5. The third kappa shape index (κ3) is 3.27. The number of sulfonamides is 1. The smallest absolute Gasteiger partial charge is 0.321 e.